The minimum atomic E-state index is -0.417. The smallest absolute Gasteiger partial charge is 0.228 e. The van der Waals surface area contributed by atoms with E-state index < -0.39 is 11.7 Å². The summed E-state index contributed by atoms with van der Waals surface area (Å²) in [6, 6.07) is 13.4. The molecule has 2 aliphatic heterocycles. The number of anilines is 1. The number of hydrogen-bond acceptors (Lipinski definition) is 7. The van der Waals surface area contributed by atoms with Crippen LogP contribution in [0.5, 0.6) is 5.75 Å². The third-order valence-electron chi connectivity index (χ3n) is 6.49. The molecule has 2 fully saturated rings. The Morgan fingerprint density at radius 2 is 1.86 bits per heavy atom. The van der Waals surface area contributed by atoms with E-state index in [1.54, 1.807) is 23.9 Å². The lowest BCUT2D eigenvalue weighted by atomic mass is 10.1. The van der Waals surface area contributed by atoms with Crippen LogP contribution in [0.3, 0.4) is 0 Å². The van der Waals surface area contributed by atoms with E-state index >= 15 is 0 Å². The second-order valence-electron chi connectivity index (χ2n) is 8.69. The first kappa shape index (κ1) is 22.9. The van der Waals surface area contributed by atoms with Crippen LogP contribution in [-0.4, -0.2) is 81.7 Å². The highest BCUT2D eigenvalue weighted by atomic mass is 19.1. The number of rotatable bonds is 6. The molecule has 0 N–H and O–H groups in total. The summed E-state index contributed by atoms with van der Waals surface area (Å²) in [5.41, 5.74) is 1.33. The van der Waals surface area contributed by atoms with Crippen LogP contribution in [-0.2, 0) is 16.1 Å². The number of tetrazole rings is 1. The van der Waals surface area contributed by atoms with Gasteiger partial charge in [0.05, 0.1) is 25.3 Å². The van der Waals surface area contributed by atoms with Crippen LogP contribution < -0.4 is 9.64 Å². The van der Waals surface area contributed by atoms with Gasteiger partial charge >= 0.3 is 0 Å². The first-order chi connectivity index (χ1) is 17.0. The van der Waals surface area contributed by atoms with E-state index in [1.807, 2.05) is 29.2 Å². The van der Waals surface area contributed by atoms with Gasteiger partial charge in [0.25, 0.3) is 0 Å². The number of nitrogens with zero attached hydrogens (tertiary/aromatic N) is 7. The number of piperazine rings is 1. The Balaban J connectivity index is 1.17. The van der Waals surface area contributed by atoms with Crippen molar-refractivity contribution in [3.8, 4) is 11.4 Å². The largest absolute Gasteiger partial charge is 0.497 e. The van der Waals surface area contributed by atoms with Crippen molar-refractivity contribution in [2.24, 2.45) is 5.92 Å². The molecule has 11 heteroatoms. The van der Waals surface area contributed by atoms with Gasteiger partial charge in [0.2, 0.25) is 11.8 Å². The van der Waals surface area contributed by atoms with Crippen molar-refractivity contribution in [2.75, 3.05) is 44.7 Å². The van der Waals surface area contributed by atoms with Crippen molar-refractivity contribution in [1.29, 1.82) is 0 Å². The number of benzene rings is 2. The monoisotopic (exact) mass is 479 g/mol. The third-order valence-corrected chi connectivity index (χ3v) is 6.49. The zero-order valence-corrected chi connectivity index (χ0v) is 19.4. The lowest BCUT2D eigenvalue weighted by Gasteiger charge is -2.35. The molecule has 3 heterocycles. The van der Waals surface area contributed by atoms with Gasteiger partial charge in [-0.2, -0.15) is 4.68 Å². The van der Waals surface area contributed by atoms with Gasteiger partial charge in [-0.1, -0.05) is 6.07 Å². The summed E-state index contributed by atoms with van der Waals surface area (Å²) >= 11 is 0. The predicted molar refractivity (Wildman–Crippen MR) is 124 cm³/mol. The number of ether oxygens (including phenoxy) is 1. The number of hydrogen-bond donors (Lipinski definition) is 0. The van der Waals surface area contributed by atoms with Crippen molar-refractivity contribution in [1.82, 2.24) is 30.0 Å². The quantitative estimate of drug-likeness (QED) is 0.529. The molecule has 5 rings (SSSR count). The number of amides is 2. The van der Waals surface area contributed by atoms with Crippen LogP contribution in [0.2, 0.25) is 0 Å². The number of carbonyl (C=O) groups excluding carboxylic acids is 2. The van der Waals surface area contributed by atoms with Crippen molar-refractivity contribution in [3.05, 3.63) is 60.2 Å². The van der Waals surface area contributed by atoms with E-state index in [2.05, 4.69) is 20.4 Å². The fourth-order valence-corrected chi connectivity index (χ4v) is 4.58. The molecular formula is C24H26FN7O3. The molecule has 2 aromatic carbocycles. The Labute approximate surface area is 201 Å². The van der Waals surface area contributed by atoms with E-state index in [0.717, 1.165) is 11.4 Å². The van der Waals surface area contributed by atoms with E-state index in [1.165, 1.54) is 17.0 Å². The standard InChI is InChI=1S/C24H26FN7O3/c1-35-21-7-5-19(6-8-21)32-22(26-27-28-32)16-29-9-11-30(12-10-29)24(34)17-13-23(33)31(15-17)20-4-2-3-18(25)14-20/h2-8,14,17H,9-13,15-16H2,1H3. The number of carbonyl (C=O) groups is 2. The van der Waals surface area contributed by atoms with Crippen molar-refractivity contribution in [3.63, 3.8) is 0 Å². The predicted octanol–water partition coefficient (Wildman–Crippen LogP) is 1.51. The Morgan fingerprint density at radius 3 is 2.57 bits per heavy atom. The molecule has 0 saturated carbocycles. The van der Waals surface area contributed by atoms with Gasteiger partial charge in [0.15, 0.2) is 5.82 Å². The van der Waals surface area contributed by atoms with Gasteiger partial charge in [0.1, 0.15) is 11.6 Å². The highest BCUT2D eigenvalue weighted by molar-refractivity contribution is 6.00. The van der Waals surface area contributed by atoms with Crippen molar-refractivity contribution >= 4 is 17.5 Å². The fraction of sp³-hybridized carbons (Fsp3) is 0.375. The summed E-state index contributed by atoms with van der Waals surface area (Å²) < 4.78 is 20.5. The minimum absolute atomic E-state index is 0.0278. The summed E-state index contributed by atoms with van der Waals surface area (Å²) in [6.07, 6.45) is 0.145. The molecule has 1 unspecified atom stereocenters. The van der Waals surface area contributed by atoms with Crippen LogP contribution in [0.25, 0.3) is 5.69 Å². The molecule has 1 aromatic heterocycles. The van der Waals surface area contributed by atoms with E-state index in [4.69, 9.17) is 4.74 Å². The molecule has 0 bridgehead atoms. The molecule has 0 spiro atoms. The molecule has 182 valence electrons. The van der Waals surface area contributed by atoms with Gasteiger partial charge in [0, 0.05) is 44.8 Å². The van der Waals surface area contributed by atoms with Gasteiger partial charge < -0.3 is 14.5 Å². The Kier molecular flexibility index (Phi) is 6.41. The molecular weight excluding hydrogens is 453 g/mol. The van der Waals surface area contributed by atoms with Gasteiger partial charge in [-0.15, -0.1) is 5.10 Å². The second-order valence-corrected chi connectivity index (χ2v) is 8.69. The third kappa shape index (κ3) is 4.85. The van der Waals surface area contributed by atoms with E-state index in [9.17, 15) is 14.0 Å². The summed E-state index contributed by atoms with van der Waals surface area (Å²) in [7, 11) is 1.62. The SMILES string of the molecule is COc1ccc(-n2nnnc2CN2CCN(C(=O)C3CC(=O)N(c4cccc(F)c4)C3)CC2)cc1. The summed E-state index contributed by atoms with van der Waals surface area (Å²) in [6.45, 7) is 3.31. The molecule has 0 radical (unpaired) electrons. The van der Waals surface area contributed by atoms with Crippen molar-refractivity contribution in [2.45, 2.75) is 13.0 Å². The van der Waals surface area contributed by atoms with Crippen molar-refractivity contribution < 1.29 is 18.7 Å². The van der Waals surface area contributed by atoms with E-state index in [-0.39, 0.29) is 24.8 Å². The Bertz CT molecular complexity index is 1210. The number of halogens is 1. The average Bonchev–Trinajstić information content (AvgIpc) is 3.50. The molecule has 35 heavy (non-hydrogen) atoms. The first-order valence-corrected chi connectivity index (χ1v) is 11.5. The summed E-state index contributed by atoms with van der Waals surface area (Å²) in [4.78, 5) is 31.1. The average molecular weight is 480 g/mol. The summed E-state index contributed by atoms with van der Waals surface area (Å²) in [5, 5.41) is 12.1. The molecule has 0 aliphatic carbocycles. The second kappa shape index (κ2) is 9.79. The zero-order chi connectivity index (χ0) is 24.4. The molecule has 2 saturated heterocycles. The normalized spacial score (nSPS) is 18.8. The van der Waals surface area contributed by atoms with Crippen LogP contribution in [0, 0.1) is 11.7 Å². The number of methoxy groups -OCH3 is 1. The Hall–Kier alpha value is -3.86. The maximum absolute atomic E-state index is 13.6. The van der Waals surface area contributed by atoms with Crippen LogP contribution in [0.4, 0.5) is 10.1 Å². The lowest BCUT2D eigenvalue weighted by molar-refractivity contribution is -0.137. The maximum atomic E-state index is 13.6. The van der Waals surface area contributed by atoms with Gasteiger partial charge in [-0.3, -0.25) is 14.5 Å². The molecule has 10 nitrogen and oxygen atoms in total. The topological polar surface area (TPSA) is 96.7 Å². The van der Waals surface area contributed by atoms with E-state index in [0.29, 0.717) is 44.2 Å². The van der Waals surface area contributed by atoms with Crippen LogP contribution in [0.1, 0.15) is 12.2 Å². The molecule has 1 atom stereocenters. The zero-order valence-electron chi connectivity index (χ0n) is 19.4. The highest BCUT2D eigenvalue weighted by Gasteiger charge is 2.38. The minimum Gasteiger partial charge on any atom is -0.497 e. The highest BCUT2D eigenvalue weighted by Crippen LogP contribution is 2.27. The first-order valence-electron chi connectivity index (χ1n) is 11.5. The molecule has 2 aliphatic rings. The van der Waals surface area contributed by atoms with Gasteiger partial charge in [-0.05, 0) is 52.9 Å². The lowest BCUT2D eigenvalue weighted by Crippen LogP contribution is -2.50. The summed E-state index contributed by atoms with van der Waals surface area (Å²) in [5.74, 6) is 0.464. The van der Waals surface area contributed by atoms with Crippen LogP contribution in [0.15, 0.2) is 48.5 Å². The Morgan fingerprint density at radius 1 is 1.09 bits per heavy atom. The maximum Gasteiger partial charge on any atom is 0.228 e. The van der Waals surface area contributed by atoms with Gasteiger partial charge in [-0.25, -0.2) is 4.39 Å². The molecule has 3 aromatic rings. The number of aromatic nitrogens is 4. The fourth-order valence-electron chi connectivity index (χ4n) is 4.58. The molecule has 2 amide bonds. The van der Waals surface area contributed by atoms with Crippen LogP contribution >= 0.6 is 0 Å².